The van der Waals surface area contributed by atoms with Crippen LogP contribution in [0.2, 0.25) is 0 Å². The highest BCUT2D eigenvalue weighted by atomic mass is 16.6. The fraction of sp³-hybridized carbons (Fsp3) is 1.00. The van der Waals surface area contributed by atoms with Crippen LogP contribution in [0.1, 0.15) is 0 Å². The number of ether oxygens (including phenoxy) is 1. The Morgan fingerprint density at radius 3 is 2.33 bits per heavy atom. The van der Waals surface area contributed by atoms with Gasteiger partial charge in [0.25, 0.3) is 0 Å². The van der Waals surface area contributed by atoms with Crippen LogP contribution in [0.5, 0.6) is 0 Å². The van der Waals surface area contributed by atoms with Crippen LogP contribution >= 0.6 is 0 Å². The van der Waals surface area contributed by atoms with E-state index in [9.17, 15) is 5.11 Å². The molecule has 37 valence electrons. The molecular formula is C3H8NO2. The summed E-state index contributed by atoms with van der Waals surface area (Å²) in [7, 11) is 2.90. The van der Waals surface area contributed by atoms with E-state index in [1.54, 1.807) is 7.05 Å². The lowest BCUT2D eigenvalue weighted by atomic mass is 11.0. The molecular weight excluding hydrogens is 82.0 g/mol. The summed E-state index contributed by atoms with van der Waals surface area (Å²) in [6.45, 7) is 0. The number of hydrogen-bond acceptors (Lipinski definition) is 2. The lowest BCUT2D eigenvalue weighted by molar-refractivity contribution is -0.135. The first-order chi connectivity index (χ1) is 2.81. The van der Waals surface area contributed by atoms with E-state index in [0.29, 0.717) is 0 Å². The van der Waals surface area contributed by atoms with Crippen LogP contribution in [0.4, 0.5) is 0 Å². The number of nitrogens with one attached hydrogen (secondary N) is 1. The van der Waals surface area contributed by atoms with Crippen molar-refractivity contribution in [2.45, 2.75) is 6.41 Å². The van der Waals surface area contributed by atoms with Crippen molar-refractivity contribution in [2.24, 2.45) is 0 Å². The molecule has 1 radical (unpaired) electrons. The summed E-state index contributed by atoms with van der Waals surface area (Å²) in [6.07, 6.45) is -1.06. The highest BCUT2D eigenvalue weighted by molar-refractivity contribution is 4.19. The number of methoxy groups -OCH3 is 1. The van der Waals surface area contributed by atoms with Crippen LogP contribution in [0.25, 0.3) is 0 Å². The average molecular weight is 90.1 g/mol. The summed E-state index contributed by atoms with van der Waals surface area (Å²) < 4.78 is 4.23. The van der Waals surface area contributed by atoms with Gasteiger partial charge < -0.3 is 4.74 Å². The molecule has 0 amide bonds. The van der Waals surface area contributed by atoms with Gasteiger partial charge in [-0.2, -0.15) is 5.11 Å². The van der Waals surface area contributed by atoms with Crippen molar-refractivity contribution in [3.05, 3.63) is 0 Å². The standard InChI is InChI=1S/C3H8NO2/c1-4-3(5)6-2/h3-4H,1-2H3. The molecule has 0 aromatic carbocycles. The maximum Gasteiger partial charge on any atom is 0.247 e. The molecule has 0 aromatic rings. The quantitative estimate of drug-likeness (QED) is 0.467. The molecule has 1 N–H and O–H groups in total. The zero-order valence-electron chi connectivity index (χ0n) is 3.89. The summed E-state index contributed by atoms with van der Waals surface area (Å²) in [6, 6.07) is 0. The second kappa shape index (κ2) is 3.08. The van der Waals surface area contributed by atoms with Crippen LogP contribution in [-0.2, 0) is 9.84 Å². The summed E-state index contributed by atoms with van der Waals surface area (Å²) in [5.74, 6) is 0. The summed E-state index contributed by atoms with van der Waals surface area (Å²) >= 11 is 0. The third kappa shape index (κ3) is 2.14. The Bertz CT molecular complexity index is 28.0. The number of rotatable bonds is 2. The van der Waals surface area contributed by atoms with Gasteiger partial charge in [-0.25, -0.2) is 0 Å². The third-order valence-corrected chi connectivity index (χ3v) is 0.450. The van der Waals surface area contributed by atoms with Gasteiger partial charge in [-0.3, -0.25) is 5.32 Å². The predicted octanol–water partition coefficient (Wildman–Crippen LogP) is -0.434. The first kappa shape index (κ1) is 5.88. The molecule has 0 spiro atoms. The number of hydrogen-bond donors (Lipinski definition) is 1. The third-order valence-electron chi connectivity index (χ3n) is 0.450. The molecule has 1 atom stereocenters. The largest absolute Gasteiger partial charge is 0.341 e. The normalized spacial score (nSPS) is 14.5. The fourth-order valence-corrected chi connectivity index (χ4v) is 0.118. The van der Waals surface area contributed by atoms with E-state index in [4.69, 9.17) is 0 Å². The van der Waals surface area contributed by atoms with Crippen molar-refractivity contribution >= 4 is 0 Å². The average Bonchev–Trinajstić information content (AvgIpc) is 1.65. The Labute approximate surface area is 36.9 Å². The highest BCUT2D eigenvalue weighted by Gasteiger charge is 1.91. The molecule has 0 aliphatic carbocycles. The molecule has 1 unspecified atom stereocenters. The van der Waals surface area contributed by atoms with E-state index < -0.39 is 6.41 Å². The van der Waals surface area contributed by atoms with Gasteiger partial charge in [-0.1, -0.05) is 0 Å². The second-order valence-corrected chi connectivity index (χ2v) is 0.856. The molecule has 0 rings (SSSR count). The highest BCUT2D eigenvalue weighted by Crippen LogP contribution is 1.69. The van der Waals surface area contributed by atoms with Gasteiger partial charge >= 0.3 is 0 Å². The van der Waals surface area contributed by atoms with E-state index in [1.807, 2.05) is 0 Å². The minimum atomic E-state index is -1.06. The second-order valence-electron chi connectivity index (χ2n) is 0.856. The minimum Gasteiger partial charge on any atom is -0.341 e. The summed E-state index contributed by atoms with van der Waals surface area (Å²) in [5.41, 5.74) is 0. The molecule has 0 bridgehead atoms. The molecule has 6 heavy (non-hydrogen) atoms. The summed E-state index contributed by atoms with van der Waals surface area (Å²) in [4.78, 5) is 0. The Kier molecular flexibility index (Phi) is 3.02. The lowest BCUT2D eigenvalue weighted by Gasteiger charge is -1.99. The maximum atomic E-state index is 9.93. The van der Waals surface area contributed by atoms with Crippen LogP contribution in [0.3, 0.4) is 0 Å². The van der Waals surface area contributed by atoms with E-state index >= 15 is 0 Å². The first-order valence-corrected chi connectivity index (χ1v) is 1.67. The van der Waals surface area contributed by atoms with Crippen molar-refractivity contribution in [1.29, 1.82) is 0 Å². The zero-order chi connectivity index (χ0) is 4.99. The van der Waals surface area contributed by atoms with E-state index in [-0.39, 0.29) is 0 Å². The fourth-order valence-electron chi connectivity index (χ4n) is 0.118. The maximum absolute atomic E-state index is 9.93. The van der Waals surface area contributed by atoms with Crippen molar-refractivity contribution in [1.82, 2.24) is 5.32 Å². The molecule has 0 saturated heterocycles. The molecule has 3 nitrogen and oxygen atoms in total. The van der Waals surface area contributed by atoms with Gasteiger partial charge in [0, 0.05) is 7.11 Å². The van der Waals surface area contributed by atoms with Crippen molar-refractivity contribution < 1.29 is 9.84 Å². The van der Waals surface area contributed by atoms with Crippen LogP contribution in [0, 0.1) is 0 Å². The van der Waals surface area contributed by atoms with Gasteiger partial charge in [0.15, 0.2) is 0 Å². The van der Waals surface area contributed by atoms with Gasteiger partial charge in [-0.15, -0.1) is 0 Å². The molecule has 0 aliphatic rings. The molecule has 0 aromatic heterocycles. The zero-order valence-corrected chi connectivity index (χ0v) is 3.89. The SMILES string of the molecule is CNC([O])OC. The smallest absolute Gasteiger partial charge is 0.247 e. The van der Waals surface area contributed by atoms with E-state index in [2.05, 4.69) is 10.1 Å². The Balaban J connectivity index is 2.75. The molecule has 0 fully saturated rings. The van der Waals surface area contributed by atoms with E-state index in [0.717, 1.165) is 0 Å². The van der Waals surface area contributed by atoms with Gasteiger partial charge in [0.05, 0.1) is 0 Å². The van der Waals surface area contributed by atoms with Crippen LogP contribution in [-0.4, -0.2) is 20.6 Å². The van der Waals surface area contributed by atoms with Crippen LogP contribution < -0.4 is 5.32 Å². The van der Waals surface area contributed by atoms with Crippen molar-refractivity contribution in [2.75, 3.05) is 14.2 Å². The predicted molar refractivity (Wildman–Crippen MR) is 20.5 cm³/mol. The van der Waals surface area contributed by atoms with Gasteiger partial charge in [-0.05, 0) is 7.05 Å². The topological polar surface area (TPSA) is 41.2 Å². The van der Waals surface area contributed by atoms with E-state index in [1.165, 1.54) is 7.11 Å². The molecule has 0 heterocycles. The first-order valence-electron chi connectivity index (χ1n) is 1.67. The lowest BCUT2D eigenvalue weighted by Crippen LogP contribution is -2.24. The van der Waals surface area contributed by atoms with Gasteiger partial charge in [0.1, 0.15) is 0 Å². The molecule has 0 aliphatic heterocycles. The summed E-state index contributed by atoms with van der Waals surface area (Å²) in [5, 5.41) is 12.3. The molecule has 0 saturated carbocycles. The molecule has 3 heteroatoms. The Hall–Kier alpha value is -0.120. The Morgan fingerprint density at radius 2 is 2.33 bits per heavy atom. The van der Waals surface area contributed by atoms with Crippen LogP contribution in [0.15, 0.2) is 0 Å². The van der Waals surface area contributed by atoms with Gasteiger partial charge in [0.2, 0.25) is 6.41 Å². The monoisotopic (exact) mass is 90.1 g/mol. The van der Waals surface area contributed by atoms with Crippen molar-refractivity contribution in [3.8, 4) is 0 Å². The van der Waals surface area contributed by atoms with Crippen molar-refractivity contribution in [3.63, 3.8) is 0 Å². The Morgan fingerprint density at radius 1 is 1.83 bits per heavy atom. The minimum absolute atomic E-state index is 1.06.